The number of hydrogen-bond donors (Lipinski definition) is 1. The molecule has 0 bridgehead atoms. The fourth-order valence-corrected chi connectivity index (χ4v) is 6.87. The lowest BCUT2D eigenvalue weighted by Crippen LogP contribution is -2.55. The zero-order valence-electron chi connectivity index (χ0n) is 25.3. The third-order valence-corrected chi connectivity index (χ3v) is 9.41. The van der Waals surface area contributed by atoms with Crippen LogP contribution in [-0.2, 0) is 6.42 Å². The van der Waals surface area contributed by atoms with Crippen molar-refractivity contribution < 1.29 is 14.6 Å². The molecule has 1 fully saturated rings. The van der Waals surface area contributed by atoms with Crippen molar-refractivity contribution >= 4 is 17.7 Å². The minimum Gasteiger partial charge on any atom is -0.493 e. The second-order valence-electron chi connectivity index (χ2n) is 13.3. The van der Waals surface area contributed by atoms with Gasteiger partial charge >= 0.3 is 6.09 Å². The van der Waals surface area contributed by atoms with Gasteiger partial charge in [0.15, 0.2) is 0 Å². The molecule has 5 nitrogen and oxygen atoms in total. The number of fused-ring (bicyclic) bond motifs is 1. The van der Waals surface area contributed by atoms with Gasteiger partial charge in [0.2, 0.25) is 0 Å². The summed E-state index contributed by atoms with van der Waals surface area (Å²) in [5.74, 6) is 0.900. The van der Waals surface area contributed by atoms with E-state index in [9.17, 15) is 9.90 Å². The van der Waals surface area contributed by atoms with Crippen LogP contribution < -0.4 is 4.74 Å². The minimum atomic E-state index is -0.864. The molecule has 3 aromatic carbocycles. The number of ether oxygens (including phenoxy) is 1. The normalized spacial score (nSPS) is 18.5. The van der Waals surface area contributed by atoms with Crippen molar-refractivity contribution in [1.29, 1.82) is 0 Å². The van der Waals surface area contributed by atoms with Crippen LogP contribution in [0.2, 0.25) is 5.02 Å². The summed E-state index contributed by atoms with van der Waals surface area (Å²) in [4.78, 5) is 16.1. The van der Waals surface area contributed by atoms with Crippen molar-refractivity contribution in [3.8, 4) is 28.0 Å². The lowest BCUT2D eigenvalue weighted by atomic mass is 9.76. The predicted octanol–water partition coefficient (Wildman–Crippen LogP) is 8.86. The van der Waals surface area contributed by atoms with Crippen LogP contribution in [0, 0.1) is 12.3 Å². The number of hydrogen-bond acceptors (Lipinski definition) is 3. The van der Waals surface area contributed by atoms with Gasteiger partial charge in [0.25, 0.3) is 0 Å². The SMILES string of the molecule is Cc1c(OCCCN2CCC2(C)C)cccc1-c1cccc(-c2ccc3c(c2)CCN(C(=O)O)C3C(C)(C)C)c1Cl. The van der Waals surface area contributed by atoms with E-state index in [2.05, 4.69) is 88.9 Å². The van der Waals surface area contributed by atoms with E-state index >= 15 is 0 Å². The molecule has 2 aliphatic rings. The molecule has 0 aliphatic carbocycles. The van der Waals surface area contributed by atoms with E-state index in [1.165, 1.54) is 18.5 Å². The molecule has 0 aromatic heterocycles. The van der Waals surface area contributed by atoms with E-state index in [-0.39, 0.29) is 11.5 Å². The largest absolute Gasteiger partial charge is 0.493 e. The molecule has 1 amide bonds. The molecular formula is C35H43ClN2O3. The Morgan fingerprint density at radius 2 is 1.76 bits per heavy atom. The standard InChI is InChI=1S/C35H43ClN2O3/c1-23-26(10-8-13-30(23)41-21-9-18-37-20-17-35(37,5)6)29-12-7-11-27(31(29)36)24-14-15-28-25(22-24)16-19-38(33(39)40)32(28)34(2,3)4/h7-8,10-15,22,32H,9,16-21H2,1-6H3,(H,39,40). The monoisotopic (exact) mass is 574 g/mol. The summed E-state index contributed by atoms with van der Waals surface area (Å²) in [5, 5.41) is 10.6. The molecule has 1 unspecified atom stereocenters. The molecule has 3 aromatic rings. The van der Waals surface area contributed by atoms with Crippen molar-refractivity contribution in [2.45, 2.75) is 72.4 Å². The molecule has 0 radical (unpaired) electrons. The maximum Gasteiger partial charge on any atom is 0.407 e. The molecule has 1 atom stereocenters. The van der Waals surface area contributed by atoms with Crippen LogP contribution >= 0.6 is 11.6 Å². The van der Waals surface area contributed by atoms with Crippen LogP contribution in [0.25, 0.3) is 22.3 Å². The molecule has 218 valence electrons. The quantitative estimate of drug-likeness (QED) is 0.286. The third kappa shape index (κ3) is 5.85. The number of amides is 1. The molecule has 1 N–H and O–H groups in total. The first kappa shape index (κ1) is 29.5. The van der Waals surface area contributed by atoms with E-state index in [4.69, 9.17) is 16.3 Å². The lowest BCUT2D eigenvalue weighted by molar-refractivity contribution is 0.0123. The van der Waals surface area contributed by atoms with Crippen molar-refractivity contribution in [3.63, 3.8) is 0 Å². The first-order valence-electron chi connectivity index (χ1n) is 14.8. The molecule has 2 heterocycles. The summed E-state index contributed by atoms with van der Waals surface area (Å²) in [6.45, 7) is 16.4. The Hall–Kier alpha value is -3.02. The van der Waals surface area contributed by atoms with Gasteiger partial charge in [0.1, 0.15) is 5.75 Å². The molecule has 5 rings (SSSR count). The van der Waals surface area contributed by atoms with E-state index in [1.807, 2.05) is 12.1 Å². The summed E-state index contributed by atoms with van der Waals surface area (Å²) in [5.41, 5.74) is 7.54. The summed E-state index contributed by atoms with van der Waals surface area (Å²) in [7, 11) is 0. The van der Waals surface area contributed by atoms with Crippen molar-refractivity contribution in [1.82, 2.24) is 9.80 Å². The Labute approximate surface area is 250 Å². The number of carbonyl (C=O) groups is 1. The van der Waals surface area contributed by atoms with Crippen LogP contribution in [0.15, 0.2) is 54.6 Å². The second-order valence-corrected chi connectivity index (χ2v) is 13.6. The van der Waals surface area contributed by atoms with Gasteiger partial charge in [-0.05, 0) is 79.3 Å². The fraction of sp³-hybridized carbons (Fsp3) is 0.457. The maximum absolute atomic E-state index is 12.0. The molecule has 6 heteroatoms. The first-order valence-corrected chi connectivity index (χ1v) is 15.2. The van der Waals surface area contributed by atoms with Gasteiger partial charge in [-0.25, -0.2) is 4.79 Å². The highest BCUT2D eigenvalue weighted by atomic mass is 35.5. The van der Waals surface area contributed by atoms with Crippen molar-refractivity contribution in [2.75, 3.05) is 26.2 Å². The number of rotatable bonds is 7. The van der Waals surface area contributed by atoms with Gasteiger partial charge < -0.3 is 14.7 Å². The number of carboxylic acid groups (broad SMARTS) is 1. The van der Waals surface area contributed by atoms with Crippen LogP contribution in [0.3, 0.4) is 0 Å². The van der Waals surface area contributed by atoms with E-state index < -0.39 is 6.09 Å². The number of benzene rings is 3. The number of halogens is 1. The van der Waals surface area contributed by atoms with Gasteiger partial charge in [-0.3, -0.25) is 4.90 Å². The van der Waals surface area contributed by atoms with E-state index in [0.29, 0.717) is 30.1 Å². The molecule has 0 spiro atoms. The lowest BCUT2D eigenvalue weighted by Gasteiger charge is -2.48. The predicted molar refractivity (Wildman–Crippen MR) is 168 cm³/mol. The highest BCUT2D eigenvalue weighted by Gasteiger charge is 2.39. The zero-order valence-corrected chi connectivity index (χ0v) is 26.0. The average Bonchev–Trinajstić information content (AvgIpc) is 2.92. The molecule has 1 saturated heterocycles. The van der Waals surface area contributed by atoms with E-state index in [1.54, 1.807) is 4.90 Å². The van der Waals surface area contributed by atoms with Gasteiger partial charge in [-0.2, -0.15) is 0 Å². The molecular weight excluding hydrogens is 532 g/mol. The summed E-state index contributed by atoms with van der Waals surface area (Å²) >= 11 is 7.13. The molecule has 41 heavy (non-hydrogen) atoms. The van der Waals surface area contributed by atoms with Crippen LogP contribution in [0.4, 0.5) is 4.79 Å². The summed E-state index contributed by atoms with van der Waals surface area (Å²) in [6, 6.07) is 18.6. The number of nitrogens with zero attached hydrogens (tertiary/aromatic N) is 2. The van der Waals surface area contributed by atoms with Crippen molar-refractivity contribution in [2.24, 2.45) is 5.41 Å². The Bertz CT molecular complexity index is 1440. The van der Waals surface area contributed by atoms with E-state index in [0.717, 1.165) is 52.1 Å². The Morgan fingerprint density at radius 3 is 2.41 bits per heavy atom. The Kier molecular flexibility index (Phi) is 8.15. The third-order valence-electron chi connectivity index (χ3n) is 9.00. The minimum absolute atomic E-state index is 0.192. The van der Waals surface area contributed by atoms with Crippen LogP contribution in [0.5, 0.6) is 5.75 Å². The van der Waals surface area contributed by atoms with Crippen LogP contribution in [0.1, 0.15) is 70.2 Å². The average molecular weight is 575 g/mol. The summed E-state index contributed by atoms with van der Waals surface area (Å²) < 4.78 is 6.25. The van der Waals surface area contributed by atoms with Gasteiger partial charge in [-0.1, -0.05) is 80.9 Å². The molecule has 0 saturated carbocycles. The highest BCUT2D eigenvalue weighted by Crippen LogP contribution is 2.45. The smallest absolute Gasteiger partial charge is 0.407 e. The fourth-order valence-electron chi connectivity index (χ4n) is 6.53. The zero-order chi connectivity index (χ0) is 29.5. The van der Waals surface area contributed by atoms with Crippen molar-refractivity contribution in [3.05, 3.63) is 76.3 Å². The number of likely N-dealkylation sites (tertiary alicyclic amines) is 1. The summed E-state index contributed by atoms with van der Waals surface area (Å²) in [6.07, 6.45) is 2.09. The Balaban J connectivity index is 1.39. The Morgan fingerprint density at radius 1 is 1.05 bits per heavy atom. The topological polar surface area (TPSA) is 53.0 Å². The van der Waals surface area contributed by atoms with Gasteiger partial charge in [0.05, 0.1) is 17.7 Å². The van der Waals surface area contributed by atoms with Gasteiger partial charge in [-0.15, -0.1) is 0 Å². The maximum atomic E-state index is 12.0. The second kappa shape index (κ2) is 11.3. The first-order chi connectivity index (χ1) is 19.4. The van der Waals surface area contributed by atoms with Gasteiger partial charge in [0, 0.05) is 36.3 Å². The van der Waals surface area contributed by atoms with Crippen LogP contribution in [-0.4, -0.2) is 52.8 Å². The highest BCUT2D eigenvalue weighted by molar-refractivity contribution is 6.36. The molecule has 2 aliphatic heterocycles.